The molecule has 0 aliphatic rings. The fourth-order valence-corrected chi connectivity index (χ4v) is 2.03. The molecule has 0 saturated carbocycles. The molecule has 0 fully saturated rings. The molecule has 1 N–H and O–H groups in total. The first-order valence-corrected chi connectivity index (χ1v) is 7.55. The van der Waals surface area contributed by atoms with Crippen LogP contribution in [0.1, 0.15) is 11.1 Å². The zero-order chi connectivity index (χ0) is 19.9. The Bertz CT molecular complexity index is 875. The van der Waals surface area contributed by atoms with Crippen molar-refractivity contribution in [3.8, 4) is 11.8 Å². The van der Waals surface area contributed by atoms with Crippen LogP contribution in [0.3, 0.4) is 0 Å². The van der Waals surface area contributed by atoms with Crippen molar-refractivity contribution in [2.24, 2.45) is 0 Å². The Morgan fingerprint density at radius 2 is 1.70 bits per heavy atom. The standard InChI is InChI=1S/C18H13F3N2O4/c19-18(20,21)13-6-2-3-7-14(13)23-16(24)10-27-17(25)11-26-15-8-4-1-5-12(15)9-22/h1-8H,10-11H2,(H,23,24). The lowest BCUT2D eigenvalue weighted by Gasteiger charge is -2.13. The summed E-state index contributed by atoms with van der Waals surface area (Å²) in [7, 11) is 0. The number of nitrogens with one attached hydrogen (secondary N) is 1. The molecule has 0 aliphatic heterocycles. The Kier molecular flexibility index (Phi) is 6.38. The van der Waals surface area contributed by atoms with E-state index in [2.05, 4.69) is 4.74 Å². The number of amides is 1. The van der Waals surface area contributed by atoms with Gasteiger partial charge in [-0.1, -0.05) is 24.3 Å². The third kappa shape index (κ3) is 5.74. The predicted molar refractivity (Wildman–Crippen MR) is 87.7 cm³/mol. The Morgan fingerprint density at radius 3 is 2.41 bits per heavy atom. The van der Waals surface area contributed by atoms with E-state index in [1.807, 2.05) is 11.4 Å². The summed E-state index contributed by atoms with van der Waals surface area (Å²) < 4.78 is 48.4. The lowest BCUT2D eigenvalue weighted by molar-refractivity contribution is -0.149. The van der Waals surface area contributed by atoms with Crippen LogP contribution in [-0.4, -0.2) is 25.1 Å². The first kappa shape index (κ1) is 19.8. The van der Waals surface area contributed by atoms with Crippen molar-refractivity contribution in [2.75, 3.05) is 18.5 Å². The summed E-state index contributed by atoms with van der Waals surface area (Å²) >= 11 is 0. The van der Waals surface area contributed by atoms with E-state index in [0.717, 1.165) is 12.1 Å². The number of rotatable bonds is 6. The van der Waals surface area contributed by atoms with Crippen molar-refractivity contribution < 1.29 is 32.2 Å². The van der Waals surface area contributed by atoms with E-state index in [1.165, 1.54) is 24.3 Å². The van der Waals surface area contributed by atoms with Gasteiger partial charge >= 0.3 is 12.1 Å². The molecule has 0 bridgehead atoms. The number of hydrogen-bond donors (Lipinski definition) is 1. The molecule has 0 radical (unpaired) electrons. The number of alkyl halides is 3. The summed E-state index contributed by atoms with van der Waals surface area (Å²) in [5.74, 6) is -1.68. The van der Waals surface area contributed by atoms with E-state index < -0.39 is 42.5 Å². The number of ether oxygens (including phenoxy) is 2. The number of benzene rings is 2. The Labute approximate surface area is 152 Å². The van der Waals surface area contributed by atoms with Crippen LogP contribution >= 0.6 is 0 Å². The molecule has 0 aliphatic carbocycles. The highest BCUT2D eigenvalue weighted by Gasteiger charge is 2.33. The Morgan fingerprint density at radius 1 is 1.04 bits per heavy atom. The van der Waals surface area contributed by atoms with Crippen LogP contribution in [0.25, 0.3) is 0 Å². The van der Waals surface area contributed by atoms with Crippen LogP contribution in [0.2, 0.25) is 0 Å². The van der Waals surface area contributed by atoms with Gasteiger partial charge in [-0.05, 0) is 24.3 Å². The number of nitriles is 1. The highest BCUT2D eigenvalue weighted by atomic mass is 19.4. The minimum Gasteiger partial charge on any atom is -0.481 e. The van der Waals surface area contributed by atoms with Gasteiger partial charge in [0, 0.05) is 0 Å². The number of carbonyl (C=O) groups excluding carboxylic acids is 2. The average Bonchev–Trinajstić information content (AvgIpc) is 2.64. The van der Waals surface area contributed by atoms with E-state index in [4.69, 9.17) is 10.00 Å². The predicted octanol–water partition coefficient (Wildman–Crippen LogP) is 3.14. The first-order chi connectivity index (χ1) is 12.8. The van der Waals surface area contributed by atoms with Gasteiger partial charge in [-0.15, -0.1) is 0 Å². The molecule has 0 spiro atoms. The molecule has 0 unspecified atom stereocenters. The molecule has 140 valence electrons. The maximum Gasteiger partial charge on any atom is 0.418 e. The van der Waals surface area contributed by atoms with E-state index in [9.17, 15) is 22.8 Å². The van der Waals surface area contributed by atoms with Gasteiger partial charge in [0.1, 0.15) is 11.8 Å². The minimum absolute atomic E-state index is 0.167. The number of esters is 1. The zero-order valence-corrected chi connectivity index (χ0v) is 13.7. The van der Waals surface area contributed by atoms with Crippen LogP contribution in [0.5, 0.6) is 5.75 Å². The number of para-hydroxylation sites is 2. The second-order valence-electron chi connectivity index (χ2n) is 5.15. The highest BCUT2D eigenvalue weighted by Crippen LogP contribution is 2.34. The van der Waals surface area contributed by atoms with Crippen LogP contribution < -0.4 is 10.1 Å². The fourth-order valence-electron chi connectivity index (χ4n) is 2.03. The van der Waals surface area contributed by atoms with Gasteiger partial charge in [-0.2, -0.15) is 18.4 Å². The van der Waals surface area contributed by atoms with Crippen LogP contribution in [0.15, 0.2) is 48.5 Å². The highest BCUT2D eigenvalue weighted by molar-refractivity contribution is 5.93. The van der Waals surface area contributed by atoms with Gasteiger partial charge in [0.05, 0.1) is 16.8 Å². The maximum atomic E-state index is 12.9. The molecule has 0 saturated heterocycles. The van der Waals surface area contributed by atoms with Gasteiger partial charge in [-0.25, -0.2) is 4.79 Å². The molecule has 27 heavy (non-hydrogen) atoms. The number of hydrogen-bond acceptors (Lipinski definition) is 5. The van der Waals surface area contributed by atoms with Gasteiger partial charge in [-0.3, -0.25) is 4.79 Å². The molecule has 0 atom stereocenters. The van der Waals surface area contributed by atoms with Crippen molar-refractivity contribution in [1.29, 1.82) is 5.26 Å². The maximum absolute atomic E-state index is 12.9. The third-order valence-corrected chi connectivity index (χ3v) is 3.22. The van der Waals surface area contributed by atoms with Gasteiger partial charge < -0.3 is 14.8 Å². The second kappa shape index (κ2) is 8.71. The van der Waals surface area contributed by atoms with Crippen molar-refractivity contribution in [1.82, 2.24) is 0 Å². The van der Waals surface area contributed by atoms with E-state index >= 15 is 0 Å². The molecular formula is C18H13F3N2O4. The third-order valence-electron chi connectivity index (χ3n) is 3.22. The Balaban J connectivity index is 1.86. The van der Waals surface area contributed by atoms with Crippen molar-refractivity contribution in [3.63, 3.8) is 0 Å². The normalized spacial score (nSPS) is 10.6. The van der Waals surface area contributed by atoms with Gasteiger partial charge in [0.25, 0.3) is 5.91 Å². The summed E-state index contributed by atoms with van der Waals surface area (Å²) in [5, 5.41) is 10.9. The van der Waals surface area contributed by atoms with E-state index in [1.54, 1.807) is 12.1 Å². The van der Waals surface area contributed by atoms with E-state index in [0.29, 0.717) is 0 Å². The summed E-state index contributed by atoms with van der Waals surface area (Å²) in [6.07, 6.45) is -4.64. The lowest BCUT2D eigenvalue weighted by atomic mass is 10.1. The minimum atomic E-state index is -4.64. The first-order valence-electron chi connectivity index (χ1n) is 7.55. The largest absolute Gasteiger partial charge is 0.481 e. The number of nitrogens with zero attached hydrogens (tertiary/aromatic N) is 1. The number of halogens is 3. The smallest absolute Gasteiger partial charge is 0.418 e. The Hall–Kier alpha value is -3.54. The number of carbonyl (C=O) groups is 2. The van der Waals surface area contributed by atoms with Crippen LogP contribution in [0.4, 0.5) is 18.9 Å². The summed E-state index contributed by atoms with van der Waals surface area (Å²) in [6, 6.07) is 12.5. The quantitative estimate of drug-likeness (QED) is 0.780. The SMILES string of the molecule is N#Cc1ccccc1OCC(=O)OCC(=O)Nc1ccccc1C(F)(F)F. The fraction of sp³-hybridized carbons (Fsp3) is 0.167. The molecule has 0 aromatic heterocycles. The van der Waals surface area contributed by atoms with Crippen LogP contribution in [-0.2, 0) is 20.5 Å². The average molecular weight is 378 g/mol. The second-order valence-corrected chi connectivity index (χ2v) is 5.15. The summed E-state index contributed by atoms with van der Waals surface area (Å²) in [6.45, 7) is -1.35. The molecule has 6 nitrogen and oxygen atoms in total. The topological polar surface area (TPSA) is 88.4 Å². The molecular weight excluding hydrogens is 365 g/mol. The monoisotopic (exact) mass is 378 g/mol. The summed E-state index contributed by atoms with van der Waals surface area (Å²) in [5.41, 5.74) is -1.24. The lowest BCUT2D eigenvalue weighted by Crippen LogP contribution is -2.24. The van der Waals surface area contributed by atoms with Gasteiger partial charge in [0.2, 0.25) is 0 Å². The van der Waals surface area contributed by atoms with Gasteiger partial charge in [0.15, 0.2) is 13.2 Å². The molecule has 2 rings (SSSR count). The zero-order valence-electron chi connectivity index (χ0n) is 13.7. The van der Waals surface area contributed by atoms with Crippen molar-refractivity contribution in [2.45, 2.75) is 6.18 Å². The molecule has 2 aromatic carbocycles. The molecule has 0 heterocycles. The molecule has 2 aromatic rings. The van der Waals surface area contributed by atoms with Crippen molar-refractivity contribution in [3.05, 3.63) is 59.7 Å². The summed E-state index contributed by atoms with van der Waals surface area (Å²) in [4.78, 5) is 23.3. The number of anilines is 1. The van der Waals surface area contributed by atoms with E-state index in [-0.39, 0.29) is 11.3 Å². The molecule has 1 amide bonds. The van der Waals surface area contributed by atoms with Crippen LogP contribution in [0, 0.1) is 11.3 Å². The molecule has 9 heteroatoms. The van der Waals surface area contributed by atoms with Crippen molar-refractivity contribution >= 4 is 17.6 Å².